The second kappa shape index (κ2) is 6.48. The summed E-state index contributed by atoms with van der Waals surface area (Å²) in [6.45, 7) is 1.68. The van der Waals surface area contributed by atoms with E-state index in [4.69, 9.17) is 4.74 Å². The molecule has 122 valence electrons. The van der Waals surface area contributed by atoms with Crippen molar-refractivity contribution >= 4 is 5.82 Å². The summed E-state index contributed by atoms with van der Waals surface area (Å²) in [7, 11) is 0. The van der Waals surface area contributed by atoms with E-state index in [9.17, 15) is 13.2 Å². The van der Waals surface area contributed by atoms with E-state index in [1.165, 1.54) is 18.2 Å². The molecule has 1 aromatic heterocycles. The first-order chi connectivity index (χ1) is 11.1. The third-order valence-electron chi connectivity index (χ3n) is 3.82. The van der Waals surface area contributed by atoms with E-state index in [0.717, 1.165) is 38.4 Å². The fourth-order valence-corrected chi connectivity index (χ4v) is 2.71. The minimum absolute atomic E-state index is 0.203. The molecule has 0 amide bonds. The summed E-state index contributed by atoms with van der Waals surface area (Å²) >= 11 is 0. The van der Waals surface area contributed by atoms with Crippen molar-refractivity contribution in [3.8, 4) is 11.5 Å². The molecular weight excluding hydrogens is 305 g/mol. The van der Waals surface area contributed by atoms with E-state index in [0.29, 0.717) is 11.6 Å². The molecule has 0 saturated carbocycles. The van der Waals surface area contributed by atoms with Gasteiger partial charge in [0.2, 0.25) is 0 Å². The smallest absolute Gasteiger partial charge is 0.419 e. The molecule has 0 aliphatic carbocycles. The summed E-state index contributed by atoms with van der Waals surface area (Å²) in [5.74, 6) is 0.751. The van der Waals surface area contributed by atoms with Crippen LogP contribution in [0.4, 0.5) is 19.0 Å². The highest BCUT2D eigenvalue weighted by molar-refractivity contribution is 5.54. The SMILES string of the molecule is FC(F)(F)c1ccccc1Oc1cccnc1N1CCCCC1. The molecule has 3 nitrogen and oxygen atoms in total. The number of pyridine rings is 1. The largest absolute Gasteiger partial charge is 0.453 e. The lowest BCUT2D eigenvalue weighted by atomic mass is 10.1. The molecule has 1 fully saturated rings. The molecule has 2 heterocycles. The number of hydrogen-bond donors (Lipinski definition) is 0. The van der Waals surface area contributed by atoms with Gasteiger partial charge >= 0.3 is 6.18 Å². The Balaban J connectivity index is 1.92. The first-order valence-corrected chi connectivity index (χ1v) is 7.60. The molecule has 1 aliphatic rings. The van der Waals surface area contributed by atoms with Crippen LogP contribution in [0, 0.1) is 0 Å². The van der Waals surface area contributed by atoms with Gasteiger partial charge in [0.05, 0.1) is 5.56 Å². The van der Waals surface area contributed by atoms with Crippen LogP contribution in [-0.4, -0.2) is 18.1 Å². The molecule has 0 N–H and O–H groups in total. The number of nitrogens with zero attached hydrogens (tertiary/aromatic N) is 2. The summed E-state index contributed by atoms with van der Waals surface area (Å²) in [4.78, 5) is 6.37. The van der Waals surface area contributed by atoms with Gasteiger partial charge in [-0.15, -0.1) is 0 Å². The van der Waals surface area contributed by atoms with Gasteiger partial charge in [0.25, 0.3) is 0 Å². The van der Waals surface area contributed by atoms with Crippen LogP contribution in [0.3, 0.4) is 0 Å². The number of ether oxygens (including phenoxy) is 1. The summed E-state index contributed by atoms with van der Waals surface area (Å²) in [6, 6.07) is 8.55. The Bertz CT molecular complexity index is 667. The van der Waals surface area contributed by atoms with Crippen molar-refractivity contribution in [1.82, 2.24) is 4.98 Å². The van der Waals surface area contributed by atoms with Crippen LogP contribution in [0.15, 0.2) is 42.6 Å². The van der Waals surface area contributed by atoms with E-state index in [-0.39, 0.29) is 5.75 Å². The average molecular weight is 322 g/mol. The third kappa shape index (κ3) is 3.57. The second-order valence-electron chi connectivity index (χ2n) is 5.47. The van der Waals surface area contributed by atoms with Crippen molar-refractivity contribution in [2.45, 2.75) is 25.4 Å². The Labute approximate surface area is 132 Å². The number of piperidine rings is 1. The van der Waals surface area contributed by atoms with Crippen molar-refractivity contribution in [2.24, 2.45) is 0 Å². The minimum Gasteiger partial charge on any atom is -0.453 e. The van der Waals surface area contributed by atoms with Crippen LogP contribution < -0.4 is 9.64 Å². The van der Waals surface area contributed by atoms with Gasteiger partial charge in [-0.3, -0.25) is 0 Å². The fourth-order valence-electron chi connectivity index (χ4n) is 2.71. The molecule has 23 heavy (non-hydrogen) atoms. The third-order valence-corrected chi connectivity index (χ3v) is 3.82. The predicted molar refractivity (Wildman–Crippen MR) is 81.8 cm³/mol. The molecule has 1 aliphatic heterocycles. The standard InChI is InChI=1S/C17H17F3N2O/c18-17(19,20)13-7-2-3-8-14(13)23-15-9-6-10-21-16(15)22-11-4-1-5-12-22/h2-3,6-10H,1,4-5,11-12H2. The zero-order valence-electron chi connectivity index (χ0n) is 12.5. The van der Waals surface area contributed by atoms with E-state index >= 15 is 0 Å². The highest BCUT2D eigenvalue weighted by atomic mass is 19.4. The Kier molecular flexibility index (Phi) is 4.41. The number of aromatic nitrogens is 1. The number of rotatable bonds is 3. The maximum atomic E-state index is 13.1. The van der Waals surface area contributed by atoms with Gasteiger partial charge in [-0.05, 0) is 43.5 Å². The van der Waals surface area contributed by atoms with Gasteiger partial charge in [0.15, 0.2) is 11.6 Å². The minimum atomic E-state index is -4.45. The van der Waals surface area contributed by atoms with Gasteiger partial charge in [0.1, 0.15) is 5.75 Å². The summed E-state index contributed by atoms with van der Waals surface area (Å²) < 4.78 is 44.9. The topological polar surface area (TPSA) is 25.4 Å². The number of hydrogen-bond acceptors (Lipinski definition) is 3. The monoisotopic (exact) mass is 322 g/mol. The van der Waals surface area contributed by atoms with Crippen LogP contribution in [0.1, 0.15) is 24.8 Å². The molecule has 1 aromatic carbocycles. The maximum Gasteiger partial charge on any atom is 0.419 e. The Hall–Kier alpha value is -2.24. The van der Waals surface area contributed by atoms with Crippen LogP contribution in [0.2, 0.25) is 0 Å². The second-order valence-corrected chi connectivity index (χ2v) is 5.47. The zero-order chi connectivity index (χ0) is 16.3. The Morgan fingerprint density at radius 1 is 0.913 bits per heavy atom. The van der Waals surface area contributed by atoms with E-state index < -0.39 is 11.7 Å². The number of benzene rings is 1. The molecule has 1 saturated heterocycles. The number of para-hydroxylation sites is 1. The number of halogens is 3. The van der Waals surface area contributed by atoms with Crippen molar-refractivity contribution in [3.63, 3.8) is 0 Å². The van der Waals surface area contributed by atoms with Gasteiger partial charge in [-0.25, -0.2) is 4.98 Å². The lowest BCUT2D eigenvalue weighted by molar-refractivity contribution is -0.138. The molecule has 6 heteroatoms. The van der Waals surface area contributed by atoms with Crippen LogP contribution >= 0.6 is 0 Å². The lowest BCUT2D eigenvalue weighted by Crippen LogP contribution is -2.30. The quantitative estimate of drug-likeness (QED) is 0.805. The van der Waals surface area contributed by atoms with Gasteiger partial charge < -0.3 is 9.64 Å². The highest BCUT2D eigenvalue weighted by Crippen LogP contribution is 2.39. The maximum absolute atomic E-state index is 13.1. The highest BCUT2D eigenvalue weighted by Gasteiger charge is 2.34. The van der Waals surface area contributed by atoms with Crippen molar-refractivity contribution < 1.29 is 17.9 Å². The average Bonchev–Trinajstić information content (AvgIpc) is 2.56. The van der Waals surface area contributed by atoms with Crippen LogP contribution in [-0.2, 0) is 6.18 Å². The summed E-state index contributed by atoms with van der Waals surface area (Å²) in [6.07, 6.45) is 0.442. The first kappa shape index (κ1) is 15.6. The Morgan fingerprint density at radius 3 is 2.35 bits per heavy atom. The number of anilines is 1. The Morgan fingerprint density at radius 2 is 1.61 bits per heavy atom. The molecule has 0 unspecified atom stereocenters. The summed E-state index contributed by atoms with van der Waals surface area (Å²) in [5, 5.41) is 0. The van der Waals surface area contributed by atoms with Crippen molar-refractivity contribution in [1.29, 1.82) is 0 Å². The fraction of sp³-hybridized carbons (Fsp3) is 0.353. The van der Waals surface area contributed by atoms with Gasteiger partial charge in [0, 0.05) is 19.3 Å². The van der Waals surface area contributed by atoms with Gasteiger partial charge in [-0.2, -0.15) is 13.2 Å². The molecular formula is C17H17F3N2O. The van der Waals surface area contributed by atoms with Crippen LogP contribution in [0.25, 0.3) is 0 Å². The van der Waals surface area contributed by atoms with Crippen LogP contribution in [0.5, 0.6) is 11.5 Å². The molecule has 0 atom stereocenters. The summed E-state index contributed by atoms with van der Waals surface area (Å²) in [5.41, 5.74) is -0.784. The van der Waals surface area contributed by atoms with E-state index in [2.05, 4.69) is 9.88 Å². The zero-order valence-corrected chi connectivity index (χ0v) is 12.5. The molecule has 0 radical (unpaired) electrons. The van der Waals surface area contributed by atoms with E-state index in [1.807, 2.05) is 0 Å². The predicted octanol–water partition coefficient (Wildman–Crippen LogP) is 4.88. The van der Waals surface area contributed by atoms with Gasteiger partial charge in [-0.1, -0.05) is 12.1 Å². The molecule has 3 rings (SSSR count). The molecule has 2 aromatic rings. The normalized spacial score (nSPS) is 15.5. The molecule has 0 bridgehead atoms. The number of alkyl halides is 3. The van der Waals surface area contributed by atoms with Crippen molar-refractivity contribution in [2.75, 3.05) is 18.0 Å². The molecule has 0 spiro atoms. The first-order valence-electron chi connectivity index (χ1n) is 7.60. The lowest BCUT2D eigenvalue weighted by Gasteiger charge is -2.29. The van der Waals surface area contributed by atoms with E-state index in [1.54, 1.807) is 18.3 Å². The van der Waals surface area contributed by atoms with Crippen molar-refractivity contribution in [3.05, 3.63) is 48.2 Å².